The molecule has 2 rings (SSSR count). The zero-order valence-corrected chi connectivity index (χ0v) is 14.6. The molecule has 0 aromatic carbocycles. The van der Waals surface area contributed by atoms with Crippen LogP contribution in [0.25, 0.3) is 0 Å². The van der Waals surface area contributed by atoms with Crippen LogP contribution in [0.3, 0.4) is 0 Å². The monoisotopic (exact) mass is 408 g/mol. The minimum Gasteiger partial charge on any atom is -0.379 e. The van der Waals surface area contributed by atoms with Crippen molar-refractivity contribution in [2.45, 2.75) is 13.0 Å². The number of nitrogens with two attached hydrogens (primary N) is 1. The average Bonchev–Trinajstić information content (AvgIpc) is 2.98. The van der Waals surface area contributed by atoms with Gasteiger partial charge in [0, 0.05) is 51.7 Å². The van der Waals surface area contributed by atoms with Crippen molar-refractivity contribution in [1.29, 1.82) is 0 Å². The van der Waals surface area contributed by atoms with E-state index < -0.39 is 0 Å². The molecule has 3 N–H and O–H groups in total. The van der Waals surface area contributed by atoms with Gasteiger partial charge in [-0.15, -0.1) is 24.0 Å². The molecular weight excluding hydrogens is 383 g/mol. The highest BCUT2D eigenvalue weighted by molar-refractivity contribution is 14.0. The fourth-order valence-corrected chi connectivity index (χ4v) is 2.11. The fourth-order valence-electron chi connectivity index (χ4n) is 2.11. The lowest BCUT2D eigenvalue weighted by molar-refractivity contribution is 0.0377. The summed E-state index contributed by atoms with van der Waals surface area (Å²) >= 11 is 0. The predicted octanol–water partition coefficient (Wildman–Crippen LogP) is 0.128. The second-order valence-electron chi connectivity index (χ2n) is 4.80. The molecule has 1 saturated heterocycles. The number of hydrogen-bond donors (Lipinski definition) is 2. The molecule has 120 valence electrons. The molecule has 1 aliphatic rings. The van der Waals surface area contributed by atoms with Crippen LogP contribution in [-0.2, 0) is 11.3 Å². The topological polar surface area (TPSA) is 80.7 Å². The summed E-state index contributed by atoms with van der Waals surface area (Å²) in [5.74, 6) is 0.520. The molecule has 2 heterocycles. The second-order valence-corrected chi connectivity index (χ2v) is 4.80. The number of morpholine rings is 1. The van der Waals surface area contributed by atoms with Gasteiger partial charge in [0.15, 0.2) is 5.96 Å². The lowest BCUT2D eigenvalue weighted by atomic mass is 10.3. The van der Waals surface area contributed by atoms with E-state index >= 15 is 0 Å². The number of aromatic nitrogens is 2. The zero-order chi connectivity index (χ0) is 14.0. The van der Waals surface area contributed by atoms with Gasteiger partial charge in [0.2, 0.25) is 0 Å². The maximum absolute atomic E-state index is 5.81. The molecule has 1 aromatic rings. The lowest BCUT2D eigenvalue weighted by Gasteiger charge is -2.26. The van der Waals surface area contributed by atoms with E-state index in [9.17, 15) is 0 Å². The van der Waals surface area contributed by atoms with Crippen molar-refractivity contribution in [3.05, 3.63) is 18.7 Å². The number of ether oxygens (including phenoxy) is 1. The summed E-state index contributed by atoms with van der Waals surface area (Å²) in [5, 5.41) is 3.10. The number of imidazole rings is 1. The van der Waals surface area contributed by atoms with E-state index in [-0.39, 0.29) is 24.0 Å². The molecule has 8 heteroatoms. The highest BCUT2D eigenvalue weighted by Gasteiger charge is 2.08. The normalized spacial score (nSPS) is 16.5. The third-order valence-electron chi connectivity index (χ3n) is 3.25. The van der Waals surface area contributed by atoms with Crippen molar-refractivity contribution in [1.82, 2.24) is 19.8 Å². The Bertz CT molecular complexity index is 391. The van der Waals surface area contributed by atoms with Crippen LogP contribution in [0.4, 0.5) is 0 Å². The maximum atomic E-state index is 5.81. The summed E-state index contributed by atoms with van der Waals surface area (Å²) in [5.41, 5.74) is 5.81. The van der Waals surface area contributed by atoms with E-state index in [1.807, 2.05) is 10.8 Å². The van der Waals surface area contributed by atoms with Crippen molar-refractivity contribution in [3.8, 4) is 0 Å². The third kappa shape index (κ3) is 7.63. The Morgan fingerprint density at radius 2 is 2.14 bits per heavy atom. The molecule has 1 aromatic heterocycles. The quantitative estimate of drug-likeness (QED) is 0.290. The first-order valence-electron chi connectivity index (χ1n) is 7.14. The molecule has 1 aliphatic heterocycles. The highest BCUT2D eigenvalue weighted by atomic mass is 127. The van der Waals surface area contributed by atoms with Gasteiger partial charge in [-0.05, 0) is 6.42 Å². The van der Waals surface area contributed by atoms with Crippen molar-refractivity contribution in [2.24, 2.45) is 10.7 Å². The van der Waals surface area contributed by atoms with Gasteiger partial charge in [-0.1, -0.05) is 0 Å². The maximum Gasteiger partial charge on any atom is 0.188 e. The smallest absolute Gasteiger partial charge is 0.188 e. The minimum atomic E-state index is 0. The Morgan fingerprint density at radius 3 is 2.86 bits per heavy atom. The molecule has 0 unspecified atom stereocenters. The summed E-state index contributed by atoms with van der Waals surface area (Å²) in [7, 11) is 0. The van der Waals surface area contributed by atoms with Gasteiger partial charge in [0.25, 0.3) is 0 Å². The van der Waals surface area contributed by atoms with Crippen LogP contribution in [0.5, 0.6) is 0 Å². The molecule has 0 spiro atoms. The molecule has 7 nitrogen and oxygen atoms in total. The molecule has 0 aliphatic carbocycles. The standard InChI is InChI=1S/C13H24N6O.HI/c14-13(17-4-7-19-6-3-15-12-19)16-2-1-5-18-8-10-20-11-9-18;/h3,6,12H,1-2,4-5,7-11H2,(H3,14,16,17);1H. The molecule has 0 radical (unpaired) electrons. The fraction of sp³-hybridized carbons (Fsp3) is 0.692. The van der Waals surface area contributed by atoms with Gasteiger partial charge < -0.3 is 20.4 Å². The average molecular weight is 408 g/mol. The molecule has 0 atom stereocenters. The van der Waals surface area contributed by atoms with E-state index in [2.05, 4.69) is 20.2 Å². The molecule has 1 fully saturated rings. The third-order valence-corrected chi connectivity index (χ3v) is 3.25. The van der Waals surface area contributed by atoms with Gasteiger partial charge in [0.1, 0.15) is 0 Å². The van der Waals surface area contributed by atoms with Crippen LogP contribution in [0.1, 0.15) is 6.42 Å². The van der Waals surface area contributed by atoms with E-state index in [0.717, 1.165) is 58.9 Å². The molecular formula is C13H25IN6O. The van der Waals surface area contributed by atoms with E-state index in [4.69, 9.17) is 10.5 Å². The number of hydrogen-bond acceptors (Lipinski definition) is 4. The lowest BCUT2D eigenvalue weighted by Crippen LogP contribution is -2.37. The van der Waals surface area contributed by atoms with E-state index in [0.29, 0.717) is 5.96 Å². The highest BCUT2D eigenvalue weighted by Crippen LogP contribution is 1.97. The van der Waals surface area contributed by atoms with Crippen LogP contribution >= 0.6 is 24.0 Å². The zero-order valence-electron chi connectivity index (χ0n) is 12.3. The first-order chi connectivity index (χ1) is 9.84. The number of nitrogens with zero attached hydrogens (tertiary/aromatic N) is 4. The van der Waals surface area contributed by atoms with Gasteiger partial charge in [-0.3, -0.25) is 9.89 Å². The largest absolute Gasteiger partial charge is 0.379 e. The van der Waals surface area contributed by atoms with Gasteiger partial charge >= 0.3 is 0 Å². The van der Waals surface area contributed by atoms with Crippen molar-refractivity contribution >= 4 is 29.9 Å². The number of aliphatic imine (C=N–C) groups is 1. The summed E-state index contributed by atoms with van der Waals surface area (Å²) in [4.78, 5) is 10.7. The van der Waals surface area contributed by atoms with Gasteiger partial charge in [-0.2, -0.15) is 0 Å². The van der Waals surface area contributed by atoms with Crippen LogP contribution in [0.2, 0.25) is 0 Å². The van der Waals surface area contributed by atoms with E-state index in [1.54, 1.807) is 12.5 Å². The summed E-state index contributed by atoms with van der Waals surface area (Å²) in [6.45, 7) is 7.18. The molecule has 0 amide bonds. The van der Waals surface area contributed by atoms with Crippen molar-refractivity contribution in [3.63, 3.8) is 0 Å². The van der Waals surface area contributed by atoms with Crippen LogP contribution in [0, 0.1) is 0 Å². The Kier molecular flexibility index (Phi) is 9.35. The number of guanidine groups is 1. The predicted molar refractivity (Wildman–Crippen MR) is 94.0 cm³/mol. The first-order valence-corrected chi connectivity index (χ1v) is 7.14. The minimum absolute atomic E-state index is 0. The SMILES string of the molecule is I.NC(=NCCCN1CCOCC1)NCCn1ccnc1. The Morgan fingerprint density at radius 1 is 1.33 bits per heavy atom. The van der Waals surface area contributed by atoms with Gasteiger partial charge in [0.05, 0.1) is 19.5 Å². The van der Waals surface area contributed by atoms with Crippen LogP contribution in [-0.4, -0.2) is 66.3 Å². The van der Waals surface area contributed by atoms with Crippen LogP contribution in [0.15, 0.2) is 23.7 Å². The second kappa shape index (κ2) is 10.8. The molecule has 0 saturated carbocycles. The molecule has 0 bridgehead atoms. The number of nitrogens with one attached hydrogen (secondary N) is 1. The van der Waals surface area contributed by atoms with Gasteiger partial charge in [-0.25, -0.2) is 4.98 Å². The van der Waals surface area contributed by atoms with Crippen molar-refractivity contribution in [2.75, 3.05) is 45.9 Å². The first kappa shape index (κ1) is 18.2. The Labute approximate surface area is 143 Å². The van der Waals surface area contributed by atoms with Crippen molar-refractivity contribution < 1.29 is 4.74 Å². The Hall–Kier alpha value is -0.870. The van der Waals surface area contributed by atoms with E-state index in [1.165, 1.54) is 0 Å². The summed E-state index contributed by atoms with van der Waals surface area (Å²) in [6.07, 6.45) is 6.52. The summed E-state index contributed by atoms with van der Waals surface area (Å²) < 4.78 is 7.31. The number of halogens is 1. The van der Waals surface area contributed by atoms with Crippen LogP contribution < -0.4 is 11.1 Å². The summed E-state index contributed by atoms with van der Waals surface area (Å²) in [6, 6.07) is 0. The molecule has 21 heavy (non-hydrogen) atoms. The number of rotatable bonds is 7. The Balaban J connectivity index is 0.00000220.